The quantitative estimate of drug-likeness (QED) is 0.853. The van der Waals surface area contributed by atoms with Crippen molar-refractivity contribution in [3.8, 4) is 5.75 Å². The summed E-state index contributed by atoms with van der Waals surface area (Å²) < 4.78 is 42.1. The standard InChI is InChI=1S/C11H12F3NO.ClH/c1-3-9(15)8-5-4-7(11(12,13)14)6-10(8)16-2;/h3-6,9H,1,15H2,2H3;1H/t9-;/m0./s1. The molecule has 0 fully saturated rings. The van der Waals surface area contributed by atoms with Crippen LogP contribution < -0.4 is 10.5 Å². The van der Waals surface area contributed by atoms with E-state index >= 15 is 0 Å². The number of ether oxygens (including phenoxy) is 1. The van der Waals surface area contributed by atoms with Gasteiger partial charge in [-0.2, -0.15) is 13.2 Å². The highest BCUT2D eigenvalue weighted by Gasteiger charge is 2.31. The second-order valence-electron chi connectivity index (χ2n) is 3.22. The summed E-state index contributed by atoms with van der Waals surface area (Å²) in [5, 5.41) is 0. The zero-order valence-electron chi connectivity index (χ0n) is 9.12. The summed E-state index contributed by atoms with van der Waals surface area (Å²) in [6.45, 7) is 3.48. The molecule has 1 atom stereocenters. The third kappa shape index (κ3) is 3.64. The molecule has 2 N–H and O–H groups in total. The van der Waals surface area contributed by atoms with E-state index in [9.17, 15) is 13.2 Å². The first-order chi connectivity index (χ1) is 7.40. The molecule has 0 radical (unpaired) electrons. The van der Waals surface area contributed by atoms with E-state index in [0.29, 0.717) is 5.56 Å². The van der Waals surface area contributed by atoms with Gasteiger partial charge in [0.2, 0.25) is 0 Å². The smallest absolute Gasteiger partial charge is 0.416 e. The van der Waals surface area contributed by atoms with Crippen LogP contribution in [0.4, 0.5) is 13.2 Å². The molecule has 0 aromatic heterocycles. The molecule has 1 rings (SSSR count). The fourth-order valence-corrected chi connectivity index (χ4v) is 1.29. The molecule has 1 aromatic carbocycles. The van der Waals surface area contributed by atoms with Gasteiger partial charge in [-0.05, 0) is 12.1 Å². The molecule has 96 valence electrons. The van der Waals surface area contributed by atoms with E-state index in [1.165, 1.54) is 19.3 Å². The van der Waals surface area contributed by atoms with Gasteiger partial charge in [-0.15, -0.1) is 19.0 Å². The molecule has 0 amide bonds. The average molecular weight is 268 g/mol. The van der Waals surface area contributed by atoms with Gasteiger partial charge in [-0.25, -0.2) is 0 Å². The van der Waals surface area contributed by atoms with Crippen molar-refractivity contribution >= 4 is 12.4 Å². The molecular weight excluding hydrogens is 255 g/mol. The van der Waals surface area contributed by atoms with Gasteiger partial charge in [-0.3, -0.25) is 0 Å². The van der Waals surface area contributed by atoms with E-state index < -0.39 is 17.8 Å². The third-order valence-corrected chi connectivity index (χ3v) is 2.17. The highest BCUT2D eigenvalue weighted by atomic mass is 35.5. The Hall–Kier alpha value is -1.20. The van der Waals surface area contributed by atoms with Crippen LogP contribution in [0.15, 0.2) is 30.9 Å². The zero-order valence-corrected chi connectivity index (χ0v) is 9.94. The van der Waals surface area contributed by atoms with E-state index in [1.807, 2.05) is 0 Å². The zero-order chi connectivity index (χ0) is 12.3. The predicted octanol–water partition coefficient (Wildman–Crippen LogP) is 3.32. The predicted molar refractivity (Wildman–Crippen MR) is 62.4 cm³/mol. The van der Waals surface area contributed by atoms with Crippen LogP contribution in [-0.2, 0) is 6.18 Å². The molecule has 0 aliphatic carbocycles. The molecule has 0 unspecified atom stereocenters. The molecule has 0 bridgehead atoms. The lowest BCUT2D eigenvalue weighted by Crippen LogP contribution is -2.11. The summed E-state index contributed by atoms with van der Waals surface area (Å²) in [5.74, 6) is 0.113. The number of benzene rings is 1. The van der Waals surface area contributed by atoms with E-state index in [1.54, 1.807) is 0 Å². The molecule has 0 aliphatic heterocycles. The van der Waals surface area contributed by atoms with Crippen molar-refractivity contribution in [1.29, 1.82) is 0 Å². The van der Waals surface area contributed by atoms with Crippen LogP contribution in [0.25, 0.3) is 0 Å². The van der Waals surface area contributed by atoms with Crippen LogP contribution in [-0.4, -0.2) is 7.11 Å². The molecule has 1 aromatic rings. The van der Waals surface area contributed by atoms with Gasteiger partial charge >= 0.3 is 6.18 Å². The Morgan fingerprint density at radius 2 is 2.00 bits per heavy atom. The lowest BCUT2D eigenvalue weighted by Gasteiger charge is -2.15. The van der Waals surface area contributed by atoms with Crippen molar-refractivity contribution < 1.29 is 17.9 Å². The number of methoxy groups -OCH3 is 1. The first-order valence-electron chi connectivity index (χ1n) is 4.53. The van der Waals surface area contributed by atoms with Crippen LogP contribution in [0, 0.1) is 0 Å². The van der Waals surface area contributed by atoms with Crippen LogP contribution in [0.2, 0.25) is 0 Å². The van der Waals surface area contributed by atoms with Gasteiger partial charge in [0.05, 0.1) is 18.7 Å². The number of alkyl halides is 3. The minimum atomic E-state index is -4.38. The molecule has 0 saturated heterocycles. The first-order valence-corrected chi connectivity index (χ1v) is 4.53. The number of halogens is 4. The van der Waals surface area contributed by atoms with Crippen molar-refractivity contribution in [2.45, 2.75) is 12.2 Å². The minimum Gasteiger partial charge on any atom is -0.496 e. The summed E-state index contributed by atoms with van der Waals surface area (Å²) in [6.07, 6.45) is -2.95. The summed E-state index contributed by atoms with van der Waals surface area (Å²) >= 11 is 0. The Morgan fingerprint density at radius 3 is 2.41 bits per heavy atom. The Bertz CT molecular complexity index is 393. The number of nitrogens with two attached hydrogens (primary N) is 1. The average Bonchev–Trinajstić information content (AvgIpc) is 2.26. The van der Waals surface area contributed by atoms with Crippen LogP contribution in [0.3, 0.4) is 0 Å². The molecule has 17 heavy (non-hydrogen) atoms. The van der Waals surface area contributed by atoms with Gasteiger partial charge < -0.3 is 10.5 Å². The van der Waals surface area contributed by atoms with Gasteiger partial charge in [0.25, 0.3) is 0 Å². The lowest BCUT2D eigenvalue weighted by atomic mass is 10.0. The number of hydrogen-bond acceptors (Lipinski definition) is 2. The SMILES string of the molecule is C=C[C@H](N)c1ccc(C(F)(F)F)cc1OC.Cl. The first kappa shape index (κ1) is 15.8. The Balaban J connectivity index is 0.00000256. The summed E-state index contributed by atoms with van der Waals surface area (Å²) in [6, 6.07) is 2.66. The Labute approximate surface area is 104 Å². The molecule has 6 heteroatoms. The summed E-state index contributed by atoms with van der Waals surface area (Å²) in [4.78, 5) is 0. The van der Waals surface area contributed by atoms with Crippen molar-refractivity contribution in [2.24, 2.45) is 5.73 Å². The second-order valence-corrected chi connectivity index (χ2v) is 3.22. The molecule has 0 saturated carbocycles. The van der Waals surface area contributed by atoms with Crippen molar-refractivity contribution in [2.75, 3.05) is 7.11 Å². The topological polar surface area (TPSA) is 35.2 Å². The van der Waals surface area contributed by atoms with E-state index in [4.69, 9.17) is 10.5 Å². The fraction of sp³-hybridized carbons (Fsp3) is 0.273. The second kappa shape index (κ2) is 5.93. The van der Waals surface area contributed by atoms with Gasteiger partial charge in [0.1, 0.15) is 5.75 Å². The Morgan fingerprint density at radius 1 is 1.41 bits per heavy atom. The van der Waals surface area contributed by atoms with Crippen molar-refractivity contribution in [1.82, 2.24) is 0 Å². The molecule has 0 spiro atoms. The monoisotopic (exact) mass is 267 g/mol. The van der Waals surface area contributed by atoms with E-state index in [2.05, 4.69) is 6.58 Å². The maximum absolute atomic E-state index is 12.4. The Kier molecular flexibility index (Phi) is 5.51. The highest BCUT2D eigenvalue weighted by Crippen LogP contribution is 2.34. The fourth-order valence-electron chi connectivity index (χ4n) is 1.29. The van der Waals surface area contributed by atoms with Crippen LogP contribution in [0.5, 0.6) is 5.75 Å². The highest BCUT2D eigenvalue weighted by molar-refractivity contribution is 5.85. The summed E-state index contributed by atoms with van der Waals surface area (Å²) in [5.41, 5.74) is 5.37. The van der Waals surface area contributed by atoms with E-state index in [-0.39, 0.29) is 18.2 Å². The van der Waals surface area contributed by atoms with Crippen LogP contribution >= 0.6 is 12.4 Å². The lowest BCUT2D eigenvalue weighted by molar-refractivity contribution is -0.137. The largest absolute Gasteiger partial charge is 0.496 e. The van der Waals surface area contributed by atoms with E-state index in [0.717, 1.165) is 12.1 Å². The number of hydrogen-bond donors (Lipinski definition) is 1. The maximum atomic E-state index is 12.4. The van der Waals surface area contributed by atoms with Crippen molar-refractivity contribution in [3.63, 3.8) is 0 Å². The minimum absolute atomic E-state index is 0. The molecule has 2 nitrogen and oxygen atoms in total. The van der Waals surface area contributed by atoms with Gasteiger partial charge in [-0.1, -0.05) is 12.1 Å². The van der Waals surface area contributed by atoms with Crippen LogP contribution in [0.1, 0.15) is 17.2 Å². The molecule has 0 heterocycles. The molecule has 0 aliphatic rings. The van der Waals surface area contributed by atoms with Crippen molar-refractivity contribution in [3.05, 3.63) is 42.0 Å². The van der Waals surface area contributed by atoms with Gasteiger partial charge in [0.15, 0.2) is 0 Å². The third-order valence-electron chi connectivity index (χ3n) is 2.17. The molecular formula is C11H13ClF3NO. The maximum Gasteiger partial charge on any atom is 0.416 e. The van der Waals surface area contributed by atoms with Gasteiger partial charge in [0, 0.05) is 5.56 Å². The summed E-state index contributed by atoms with van der Waals surface area (Å²) in [7, 11) is 1.30. The number of rotatable bonds is 3. The normalized spacial score (nSPS) is 12.5.